The van der Waals surface area contributed by atoms with Crippen LogP contribution in [0.4, 0.5) is 5.69 Å². The first-order valence-electron chi connectivity index (χ1n) is 5.56. The Hall–Kier alpha value is -1.55. The van der Waals surface area contributed by atoms with Gasteiger partial charge >= 0.3 is 0 Å². The van der Waals surface area contributed by atoms with E-state index in [9.17, 15) is 0 Å². The second kappa shape index (κ2) is 5.19. The fourth-order valence-electron chi connectivity index (χ4n) is 1.74. The summed E-state index contributed by atoms with van der Waals surface area (Å²) < 4.78 is 1.84. The molecule has 0 amide bonds. The second-order valence-corrected chi connectivity index (χ2v) is 4.24. The van der Waals surface area contributed by atoms with Crippen LogP contribution in [0.1, 0.15) is 18.2 Å². The minimum Gasteiger partial charge on any atom is -0.381 e. The van der Waals surface area contributed by atoms with Crippen molar-refractivity contribution in [1.82, 2.24) is 14.8 Å². The van der Waals surface area contributed by atoms with E-state index < -0.39 is 0 Å². The topological polar surface area (TPSA) is 42.7 Å². The fourth-order valence-corrected chi connectivity index (χ4v) is 1.91. The van der Waals surface area contributed by atoms with Gasteiger partial charge in [-0.15, -0.1) is 0 Å². The van der Waals surface area contributed by atoms with E-state index in [1.54, 1.807) is 6.20 Å². The number of hydrogen-bond acceptors (Lipinski definition) is 3. The Morgan fingerprint density at radius 3 is 3.00 bits per heavy atom. The number of rotatable bonds is 4. The van der Waals surface area contributed by atoms with Crippen molar-refractivity contribution in [1.29, 1.82) is 0 Å². The molecule has 0 spiro atoms. The highest BCUT2D eigenvalue weighted by Gasteiger charge is 2.05. The summed E-state index contributed by atoms with van der Waals surface area (Å²) in [5.74, 6) is 0. The van der Waals surface area contributed by atoms with Gasteiger partial charge in [0.15, 0.2) is 0 Å². The van der Waals surface area contributed by atoms with Gasteiger partial charge < -0.3 is 5.32 Å². The summed E-state index contributed by atoms with van der Waals surface area (Å²) in [7, 11) is 1.94. The Morgan fingerprint density at radius 2 is 2.29 bits per heavy atom. The number of hydrogen-bond donors (Lipinski definition) is 1. The van der Waals surface area contributed by atoms with Gasteiger partial charge in [-0.05, 0) is 18.6 Å². The van der Waals surface area contributed by atoms with E-state index in [4.69, 9.17) is 11.6 Å². The van der Waals surface area contributed by atoms with Crippen LogP contribution in [-0.2, 0) is 20.0 Å². The molecule has 0 aliphatic heterocycles. The third kappa shape index (κ3) is 2.97. The van der Waals surface area contributed by atoms with Crippen molar-refractivity contribution in [3.05, 3.63) is 40.9 Å². The van der Waals surface area contributed by atoms with E-state index in [1.165, 1.54) is 5.56 Å². The van der Waals surface area contributed by atoms with Crippen LogP contribution >= 0.6 is 11.6 Å². The third-order valence-corrected chi connectivity index (χ3v) is 2.74. The summed E-state index contributed by atoms with van der Waals surface area (Å²) in [6, 6.07) is 3.71. The van der Waals surface area contributed by atoms with Crippen molar-refractivity contribution in [2.75, 3.05) is 5.32 Å². The summed E-state index contributed by atoms with van der Waals surface area (Å²) in [6.07, 6.45) is 4.66. The zero-order chi connectivity index (χ0) is 12.3. The van der Waals surface area contributed by atoms with Gasteiger partial charge in [0.25, 0.3) is 0 Å². The van der Waals surface area contributed by atoms with Gasteiger partial charge in [0.05, 0.1) is 5.69 Å². The molecule has 5 heteroatoms. The Labute approximate surface area is 106 Å². The van der Waals surface area contributed by atoms with Crippen LogP contribution in [0.5, 0.6) is 0 Å². The summed E-state index contributed by atoms with van der Waals surface area (Å²) in [4.78, 5) is 3.94. The molecule has 2 heterocycles. The van der Waals surface area contributed by atoms with Crippen molar-refractivity contribution >= 4 is 17.3 Å². The molecule has 0 aliphatic rings. The van der Waals surface area contributed by atoms with Crippen molar-refractivity contribution in [3.8, 4) is 0 Å². The van der Waals surface area contributed by atoms with E-state index in [2.05, 4.69) is 22.3 Å². The maximum absolute atomic E-state index is 5.82. The average molecular weight is 251 g/mol. The number of halogens is 1. The van der Waals surface area contributed by atoms with Crippen LogP contribution in [0.2, 0.25) is 5.15 Å². The number of aromatic nitrogens is 3. The maximum Gasteiger partial charge on any atom is 0.131 e. The smallest absolute Gasteiger partial charge is 0.131 e. The zero-order valence-electron chi connectivity index (χ0n) is 9.94. The van der Waals surface area contributed by atoms with Gasteiger partial charge in [-0.2, -0.15) is 5.10 Å². The van der Waals surface area contributed by atoms with Gasteiger partial charge in [-0.1, -0.05) is 18.5 Å². The number of nitrogens with zero attached hydrogens (tertiary/aromatic N) is 3. The Balaban J connectivity index is 2.06. The predicted octanol–water partition coefficient (Wildman–Crippen LogP) is 2.64. The highest BCUT2D eigenvalue weighted by atomic mass is 35.5. The number of pyridine rings is 1. The standard InChI is InChI=1S/C12H15ClN4/c1-3-11-9(8-17(2)16-11)7-15-10-4-5-14-12(13)6-10/h4-6,8H,3,7H2,1-2H3,(H,14,15). The first-order chi connectivity index (χ1) is 8.19. The Kier molecular flexibility index (Phi) is 3.64. The monoisotopic (exact) mass is 250 g/mol. The summed E-state index contributed by atoms with van der Waals surface area (Å²) in [5.41, 5.74) is 3.30. The van der Waals surface area contributed by atoms with E-state index in [1.807, 2.05) is 30.1 Å². The molecule has 0 aliphatic carbocycles. The lowest BCUT2D eigenvalue weighted by molar-refractivity contribution is 0.746. The molecule has 2 aromatic heterocycles. The van der Waals surface area contributed by atoms with E-state index >= 15 is 0 Å². The molecule has 1 N–H and O–H groups in total. The largest absolute Gasteiger partial charge is 0.381 e. The van der Waals surface area contributed by atoms with Gasteiger partial charge in [0, 0.05) is 37.2 Å². The predicted molar refractivity (Wildman–Crippen MR) is 69.2 cm³/mol. The molecule has 2 aromatic rings. The molecule has 90 valence electrons. The summed E-state index contributed by atoms with van der Waals surface area (Å²) in [5, 5.41) is 8.21. The van der Waals surface area contributed by atoms with Crippen LogP contribution < -0.4 is 5.32 Å². The van der Waals surface area contributed by atoms with Crippen LogP contribution in [0.25, 0.3) is 0 Å². The molecule has 0 saturated carbocycles. The SMILES string of the molecule is CCc1nn(C)cc1CNc1ccnc(Cl)c1. The Morgan fingerprint density at radius 1 is 1.47 bits per heavy atom. The molecule has 0 fully saturated rings. The van der Waals surface area contributed by atoms with Crippen LogP contribution in [-0.4, -0.2) is 14.8 Å². The molecule has 0 bridgehead atoms. The molecule has 4 nitrogen and oxygen atoms in total. The molecule has 0 saturated heterocycles. The minimum absolute atomic E-state index is 0.497. The summed E-state index contributed by atoms with van der Waals surface area (Å²) in [6.45, 7) is 2.85. The van der Waals surface area contributed by atoms with Crippen molar-refractivity contribution < 1.29 is 0 Å². The molecule has 0 unspecified atom stereocenters. The van der Waals surface area contributed by atoms with E-state index in [0.717, 1.165) is 24.3 Å². The lowest BCUT2D eigenvalue weighted by Gasteiger charge is -2.05. The van der Waals surface area contributed by atoms with Gasteiger partial charge in [-0.3, -0.25) is 4.68 Å². The van der Waals surface area contributed by atoms with Gasteiger partial charge in [0.1, 0.15) is 5.15 Å². The quantitative estimate of drug-likeness (QED) is 0.849. The van der Waals surface area contributed by atoms with Crippen molar-refractivity contribution in [2.24, 2.45) is 7.05 Å². The lowest BCUT2D eigenvalue weighted by Crippen LogP contribution is -2.01. The molecule has 2 rings (SSSR count). The second-order valence-electron chi connectivity index (χ2n) is 3.85. The zero-order valence-corrected chi connectivity index (χ0v) is 10.7. The first kappa shape index (κ1) is 11.9. The van der Waals surface area contributed by atoms with Gasteiger partial charge in [0.2, 0.25) is 0 Å². The van der Waals surface area contributed by atoms with Crippen molar-refractivity contribution in [2.45, 2.75) is 19.9 Å². The number of anilines is 1. The van der Waals surface area contributed by atoms with E-state index in [-0.39, 0.29) is 0 Å². The normalized spacial score (nSPS) is 10.5. The minimum atomic E-state index is 0.497. The average Bonchev–Trinajstić information content (AvgIpc) is 2.67. The molecule has 0 atom stereocenters. The highest BCUT2D eigenvalue weighted by molar-refractivity contribution is 6.29. The molecular weight excluding hydrogens is 236 g/mol. The highest BCUT2D eigenvalue weighted by Crippen LogP contribution is 2.14. The first-order valence-corrected chi connectivity index (χ1v) is 5.93. The van der Waals surface area contributed by atoms with Crippen LogP contribution in [0.15, 0.2) is 24.5 Å². The molecule has 17 heavy (non-hydrogen) atoms. The number of aryl methyl sites for hydroxylation is 2. The van der Waals surface area contributed by atoms with Crippen LogP contribution in [0.3, 0.4) is 0 Å². The van der Waals surface area contributed by atoms with Crippen LogP contribution in [0, 0.1) is 0 Å². The molecular formula is C12H15ClN4. The molecule has 0 aromatic carbocycles. The summed E-state index contributed by atoms with van der Waals surface area (Å²) >= 11 is 5.82. The molecule has 0 radical (unpaired) electrons. The van der Waals surface area contributed by atoms with Gasteiger partial charge in [-0.25, -0.2) is 4.98 Å². The van der Waals surface area contributed by atoms with E-state index in [0.29, 0.717) is 5.15 Å². The van der Waals surface area contributed by atoms with Crippen molar-refractivity contribution in [3.63, 3.8) is 0 Å². The lowest BCUT2D eigenvalue weighted by atomic mass is 10.2. The Bertz CT molecular complexity index is 507. The number of nitrogens with one attached hydrogen (secondary N) is 1. The fraction of sp³-hybridized carbons (Fsp3) is 0.333. The maximum atomic E-state index is 5.82. The third-order valence-electron chi connectivity index (χ3n) is 2.54.